The van der Waals surface area contributed by atoms with Crippen molar-refractivity contribution in [3.63, 3.8) is 0 Å². The molecule has 84 valence electrons. The van der Waals surface area contributed by atoms with Crippen molar-refractivity contribution < 1.29 is 21.6 Å². The van der Waals surface area contributed by atoms with Gasteiger partial charge in [0.15, 0.2) is 0 Å². The first-order chi connectivity index (χ1) is 6.74. The SMILES string of the molecule is O=S(=O)(Nc1ccccc1Cl)C(F)(F)F. The smallest absolute Gasteiger partial charge is 0.274 e. The van der Waals surface area contributed by atoms with Crippen molar-refractivity contribution in [1.82, 2.24) is 0 Å². The molecular formula is C7H5ClF3NO2S. The monoisotopic (exact) mass is 259 g/mol. The molecule has 0 aliphatic rings. The third kappa shape index (κ3) is 2.75. The predicted molar refractivity (Wildman–Crippen MR) is 50.0 cm³/mol. The third-order valence-corrected chi connectivity index (χ3v) is 2.85. The number of halogens is 4. The van der Waals surface area contributed by atoms with Crippen LogP contribution in [-0.4, -0.2) is 13.9 Å². The van der Waals surface area contributed by atoms with Crippen molar-refractivity contribution in [3.05, 3.63) is 29.3 Å². The second-order valence-corrected chi connectivity index (χ2v) is 4.61. The molecule has 0 aromatic heterocycles. The van der Waals surface area contributed by atoms with Gasteiger partial charge in [0.25, 0.3) is 0 Å². The lowest BCUT2D eigenvalue weighted by molar-refractivity contribution is -0.0429. The Hall–Kier alpha value is -0.950. The molecule has 1 aromatic carbocycles. The van der Waals surface area contributed by atoms with E-state index in [0.717, 1.165) is 6.07 Å². The topological polar surface area (TPSA) is 46.2 Å². The summed E-state index contributed by atoms with van der Waals surface area (Å²) in [5.41, 5.74) is -5.66. The molecule has 0 heterocycles. The minimum atomic E-state index is -5.41. The van der Waals surface area contributed by atoms with Gasteiger partial charge in [-0.05, 0) is 12.1 Å². The minimum Gasteiger partial charge on any atom is -0.274 e. The van der Waals surface area contributed by atoms with Crippen LogP contribution in [0.15, 0.2) is 24.3 Å². The Balaban J connectivity index is 3.03. The summed E-state index contributed by atoms with van der Waals surface area (Å²) in [4.78, 5) is 0. The maximum Gasteiger partial charge on any atom is 0.516 e. The maximum atomic E-state index is 12.0. The lowest BCUT2D eigenvalue weighted by Crippen LogP contribution is -2.29. The molecule has 0 radical (unpaired) electrons. The molecule has 0 fully saturated rings. The summed E-state index contributed by atoms with van der Waals surface area (Å²) in [6.45, 7) is 0. The van der Waals surface area contributed by atoms with E-state index in [1.165, 1.54) is 22.9 Å². The standard InChI is InChI=1S/C7H5ClF3NO2S/c8-5-3-1-2-4-6(5)12-15(13,14)7(9,10)11/h1-4,12H. The number of hydrogen-bond acceptors (Lipinski definition) is 2. The molecule has 1 aromatic rings. The number of nitrogens with one attached hydrogen (secondary N) is 1. The number of benzene rings is 1. The van der Waals surface area contributed by atoms with Crippen molar-refractivity contribution >= 4 is 27.3 Å². The quantitative estimate of drug-likeness (QED) is 0.887. The molecule has 8 heteroatoms. The number of sulfonamides is 1. The molecule has 1 N–H and O–H groups in total. The van der Waals surface area contributed by atoms with Crippen LogP contribution in [0.3, 0.4) is 0 Å². The van der Waals surface area contributed by atoms with Crippen molar-refractivity contribution in [2.75, 3.05) is 4.72 Å². The summed E-state index contributed by atoms with van der Waals surface area (Å²) in [6.07, 6.45) is 0. The van der Waals surface area contributed by atoms with Gasteiger partial charge in [0, 0.05) is 0 Å². The van der Waals surface area contributed by atoms with Gasteiger partial charge in [0.2, 0.25) is 0 Å². The fourth-order valence-electron chi connectivity index (χ4n) is 0.747. The van der Waals surface area contributed by atoms with Gasteiger partial charge in [0.1, 0.15) is 0 Å². The molecule has 0 unspecified atom stereocenters. The highest BCUT2D eigenvalue weighted by Crippen LogP contribution is 2.28. The molecule has 1 rings (SSSR count). The van der Waals surface area contributed by atoms with Gasteiger partial charge >= 0.3 is 15.5 Å². The number of alkyl halides is 3. The van der Waals surface area contributed by atoms with Crippen LogP contribution in [0.1, 0.15) is 0 Å². The average molecular weight is 260 g/mol. The largest absolute Gasteiger partial charge is 0.516 e. The van der Waals surface area contributed by atoms with Gasteiger partial charge in [-0.15, -0.1) is 0 Å². The van der Waals surface area contributed by atoms with E-state index in [0.29, 0.717) is 0 Å². The Morgan fingerprint density at radius 3 is 2.20 bits per heavy atom. The molecule has 0 spiro atoms. The number of anilines is 1. The zero-order valence-electron chi connectivity index (χ0n) is 7.05. The summed E-state index contributed by atoms with van der Waals surface area (Å²) in [5, 5.41) is -0.106. The zero-order chi connectivity index (χ0) is 11.7. The van der Waals surface area contributed by atoms with E-state index in [4.69, 9.17) is 11.6 Å². The molecule has 0 saturated heterocycles. The molecule has 0 atom stereocenters. The molecule has 0 bridgehead atoms. The van der Waals surface area contributed by atoms with Gasteiger partial charge in [-0.3, -0.25) is 4.72 Å². The van der Waals surface area contributed by atoms with Gasteiger partial charge in [-0.2, -0.15) is 21.6 Å². The van der Waals surface area contributed by atoms with Crippen LogP contribution in [0.2, 0.25) is 5.02 Å². The van der Waals surface area contributed by atoms with E-state index in [2.05, 4.69) is 0 Å². The number of rotatable bonds is 2. The van der Waals surface area contributed by atoms with Crippen LogP contribution in [0, 0.1) is 0 Å². The van der Waals surface area contributed by atoms with Crippen molar-refractivity contribution in [3.8, 4) is 0 Å². The van der Waals surface area contributed by atoms with E-state index < -0.39 is 15.5 Å². The lowest BCUT2D eigenvalue weighted by atomic mass is 10.3. The minimum absolute atomic E-state index is 0.106. The Morgan fingerprint density at radius 1 is 1.20 bits per heavy atom. The number of para-hydroxylation sites is 1. The van der Waals surface area contributed by atoms with E-state index in [-0.39, 0.29) is 10.7 Å². The van der Waals surface area contributed by atoms with Crippen LogP contribution in [0.5, 0.6) is 0 Å². The molecule has 0 saturated carbocycles. The highest BCUT2D eigenvalue weighted by Gasteiger charge is 2.46. The fraction of sp³-hybridized carbons (Fsp3) is 0.143. The second-order valence-electron chi connectivity index (χ2n) is 2.53. The Bertz CT molecular complexity index is 458. The van der Waals surface area contributed by atoms with Crippen LogP contribution >= 0.6 is 11.6 Å². The normalized spacial score (nSPS) is 12.5. The van der Waals surface area contributed by atoms with Gasteiger partial charge < -0.3 is 0 Å². The fourth-order valence-corrected chi connectivity index (χ4v) is 1.57. The molecule has 0 amide bonds. The highest BCUT2D eigenvalue weighted by atomic mass is 35.5. The van der Waals surface area contributed by atoms with E-state index in [1.807, 2.05) is 0 Å². The van der Waals surface area contributed by atoms with Crippen LogP contribution in [0.4, 0.5) is 18.9 Å². The van der Waals surface area contributed by atoms with Crippen LogP contribution in [-0.2, 0) is 10.0 Å². The Morgan fingerprint density at radius 2 is 1.73 bits per heavy atom. The van der Waals surface area contributed by atoms with Gasteiger partial charge in [0.05, 0.1) is 10.7 Å². The first-order valence-corrected chi connectivity index (χ1v) is 5.44. The summed E-state index contributed by atoms with van der Waals surface area (Å²) in [6, 6.07) is 5.23. The van der Waals surface area contributed by atoms with E-state index in [9.17, 15) is 21.6 Å². The molecule has 3 nitrogen and oxygen atoms in total. The first-order valence-electron chi connectivity index (χ1n) is 3.57. The summed E-state index contributed by atoms with van der Waals surface area (Å²) < 4.78 is 58.6. The van der Waals surface area contributed by atoms with Gasteiger partial charge in [-0.25, -0.2) is 0 Å². The molecule has 15 heavy (non-hydrogen) atoms. The Kier molecular flexibility index (Phi) is 3.15. The zero-order valence-corrected chi connectivity index (χ0v) is 8.62. The molecule has 0 aliphatic carbocycles. The predicted octanol–water partition coefficient (Wildman–Crippen LogP) is 2.60. The first kappa shape index (κ1) is 12.1. The van der Waals surface area contributed by atoms with E-state index in [1.54, 1.807) is 0 Å². The lowest BCUT2D eigenvalue weighted by Gasteiger charge is -2.11. The van der Waals surface area contributed by atoms with Crippen molar-refractivity contribution in [2.24, 2.45) is 0 Å². The summed E-state index contributed by atoms with van der Waals surface area (Å²) >= 11 is 5.49. The van der Waals surface area contributed by atoms with Crippen molar-refractivity contribution in [2.45, 2.75) is 5.51 Å². The Labute approximate surface area is 88.9 Å². The maximum absolute atomic E-state index is 12.0. The van der Waals surface area contributed by atoms with E-state index >= 15 is 0 Å². The molecule has 0 aliphatic heterocycles. The van der Waals surface area contributed by atoms with Crippen LogP contribution in [0.25, 0.3) is 0 Å². The summed E-state index contributed by atoms with van der Waals surface area (Å²) in [7, 11) is -5.41. The highest BCUT2D eigenvalue weighted by molar-refractivity contribution is 7.93. The average Bonchev–Trinajstić information content (AvgIpc) is 2.06. The number of hydrogen-bond donors (Lipinski definition) is 1. The molecular weight excluding hydrogens is 255 g/mol. The second kappa shape index (κ2) is 3.90. The van der Waals surface area contributed by atoms with Crippen molar-refractivity contribution in [1.29, 1.82) is 0 Å². The third-order valence-electron chi connectivity index (χ3n) is 1.42. The van der Waals surface area contributed by atoms with Crippen LogP contribution < -0.4 is 4.72 Å². The summed E-state index contributed by atoms with van der Waals surface area (Å²) in [5.74, 6) is 0. The van der Waals surface area contributed by atoms with Gasteiger partial charge in [-0.1, -0.05) is 23.7 Å².